The molecule has 3 rings (SSSR count). The van der Waals surface area contributed by atoms with Gasteiger partial charge in [-0.2, -0.15) is 0 Å². The van der Waals surface area contributed by atoms with Crippen LogP contribution in [0.5, 0.6) is 0 Å². The zero-order chi connectivity index (χ0) is 18.5. The smallest absolute Gasteiger partial charge is 0.248 e. The molecule has 1 aromatic heterocycles. The van der Waals surface area contributed by atoms with E-state index in [0.29, 0.717) is 0 Å². The van der Waals surface area contributed by atoms with E-state index >= 15 is 0 Å². The van der Waals surface area contributed by atoms with Gasteiger partial charge < -0.3 is 5.32 Å². The number of nitrogens with zero attached hydrogens (tertiary/aromatic N) is 2. The van der Waals surface area contributed by atoms with Gasteiger partial charge in [0.15, 0.2) is 4.34 Å². The minimum Gasteiger partial charge on any atom is -0.323 e. The van der Waals surface area contributed by atoms with Gasteiger partial charge in [-0.05, 0) is 73.4 Å². The van der Waals surface area contributed by atoms with E-state index in [2.05, 4.69) is 48.4 Å². The molecular weight excluding hydrogens is 362 g/mol. The number of anilines is 1. The van der Waals surface area contributed by atoms with Crippen LogP contribution in [0.1, 0.15) is 22.3 Å². The average Bonchev–Trinajstić information content (AvgIpc) is 3.12. The first-order valence-corrected chi connectivity index (χ1v) is 9.82. The number of aryl methyl sites for hydroxylation is 3. The molecule has 0 aliphatic rings. The highest BCUT2D eigenvalue weighted by molar-refractivity contribution is 8.01. The molecule has 0 unspecified atom stereocenters. The largest absolute Gasteiger partial charge is 0.323 e. The summed E-state index contributed by atoms with van der Waals surface area (Å²) in [5.41, 5.74) is 7.18. The lowest BCUT2D eigenvalue weighted by Crippen LogP contribution is -2.07. The van der Waals surface area contributed by atoms with E-state index in [-0.39, 0.29) is 5.91 Å². The van der Waals surface area contributed by atoms with Crippen LogP contribution in [0.4, 0.5) is 5.69 Å². The van der Waals surface area contributed by atoms with Crippen LogP contribution in [-0.4, -0.2) is 16.1 Å². The molecule has 6 heteroatoms. The van der Waals surface area contributed by atoms with Crippen molar-refractivity contribution in [3.8, 4) is 0 Å². The predicted molar refractivity (Wildman–Crippen MR) is 109 cm³/mol. The number of carbonyl (C=O) groups is 1. The Morgan fingerprint density at radius 3 is 2.50 bits per heavy atom. The Kier molecular flexibility index (Phi) is 5.85. The summed E-state index contributed by atoms with van der Waals surface area (Å²) in [5.74, 6) is -0.146. The number of hydrogen-bond acceptors (Lipinski definition) is 5. The summed E-state index contributed by atoms with van der Waals surface area (Å²) >= 11 is 3.05. The number of amides is 1. The summed E-state index contributed by atoms with van der Waals surface area (Å²) in [5, 5.41) is 10.7. The predicted octanol–water partition coefficient (Wildman–Crippen LogP) is 5.27. The highest BCUT2D eigenvalue weighted by Crippen LogP contribution is 2.29. The molecule has 132 valence electrons. The Hall–Kier alpha value is -2.44. The molecule has 2 aromatic carbocycles. The summed E-state index contributed by atoms with van der Waals surface area (Å²) in [4.78, 5) is 13.2. The molecule has 0 aliphatic carbocycles. The molecule has 3 aromatic rings. The van der Waals surface area contributed by atoms with E-state index in [1.807, 2.05) is 30.3 Å². The zero-order valence-corrected chi connectivity index (χ0v) is 16.4. The van der Waals surface area contributed by atoms with Crippen molar-refractivity contribution in [1.82, 2.24) is 10.2 Å². The molecule has 1 N–H and O–H groups in total. The minimum atomic E-state index is -0.146. The molecule has 0 bridgehead atoms. The van der Waals surface area contributed by atoms with Gasteiger partial charge in [0.25, 0.3) is 0 Å². The Bertz CT molecular complexity index is 932. The number of rotatable bonds is 5. The molecule has 0 saturated heterocycles. The van der Waals surface area contributed by atoms with E-state index in [1.165, 1.54) is 22.5 Å². The van der Waals surface area contributed by atoms with E-state index in [0.717, 1.165) is 26.0 Å². The van der Waals surface area contributed by atoms with Crippen LogP contribution in [0.3, 0.4) is 0 Å². The highest BCUT2D eigenvalue weighted by Gasteiger charge is 2.03. The van der Waals surface area contributed by atoms with Gasteiger partial charge in [0.2, 0.25) is 5.91 Å². The second-order valence-electron chi connectivity index (χ2n) is 5.95. The van der Waals surface area contributed by atoms with Crippen molar-refractivity contribution in [3.63, 3.8) is 0 Å². The van der Waals surface area contributed by atoms with Crippen LogP contribution in [0, 0.1) is 20.8 Å². The Morgan fingerprint density at radius 2 is 1.81 bits per heavy atom. The molecule has 0 atom stereocenters. The Morgan fingerprint density at radius 1 is 1.08 bits per heavy atom. The van der Waals surface area contributed by atoms with Crippen LogP contribution in [-0.2, 0) is 4.79 Å². The molecule has 4 nitrogen and oxygen atoms in total. The fourth-order valence-electron chi connectivity index (χ4n) is 2.43. The van der Waals surface area contributed by atoms with Crippen LogP contribution in [0.25, 0.3) is 6.08 Å². The van der Waals surface area contributed by atoms with Crippen molar-refractivity contribution < 1.29 is 4.79 Å². The molecule has 0 radical (unpaired) electrons. The summed E-state index contributed by atoms with van der Waals surface area (Å²) in [6.07, 6.45) is 3.43. The topological polar surface area (TPSA) is 54.9 Å². The summed E-state index contributed by atoms with van der Waals surface area (Å²) in [7, 11) is 0. The second kappa shape index (κ2) is 8.29. The van der Waals surface area contributed by atoms with Crippen LogP contribution < -0.4 is 5.32 Å². The van der Waals surface area contributed by atoms with Gasteiger partial charge in [0.05, 0.1) is 0 Å². The third-order valence-corrected chi connectivity index (χ3v) is 5.75. The van der Waals surface area contributed by atoms with Gasteiger partial charge in [0.1, 0.15) is 5.51 Å². The Labute approximate surface area is 161 Å². The second-order valence-corrected chi connectivity index (χ2v) is 8.10. The molecule has 1 heterocycles. The number of nitrogens with one attached hydrogen (secondary N) is 1. The van der Waals surface area contributed by atoms with Gasteiger partial charge in [-0.25, -0.2) is 0 Å². The first kappa shape index (κ1) is 18.4. The first-order chi connectivity index (χ1) is 12.5. The zero-order valence-electron chi connectivity index (χ0n) is 14.8. The van der Waals surface area contributed by atoms with Crippen LogP contribution in [0.15, 0.2) is 57.2 Å². The fraction of sp³-hybridized carbons (Fsp3) is 0.150. The monoisotopic (exact) mass is 381 g/mol. The first-order valence-electron chi connectivity index (χ1n) is 8.12. The third kappa shape index (κ3) is 4.80. The Balaban J connectivity index is 1.62. The quantitative estimate of drug-likeness (QED) is 0.612. The lowest BCUT2D eigenvalue weighted by atomic mass is 10.0. The maximum Gasteiger partial charge on any atom is 0.248 e. The molecule has 26 heavy (non-hydrogen) atoms. The van der Waals surface area contributed by atoms with E-state index < -0.39 is 0 Å². The minimum absolute atomic E-state index is 0.146. The summed E-state index contributed by atoms with van der Waals surface area (Å²) in [6, 6.07) is 11.9. The van der Waals surface area contributed by atoms with Crippen molar-refractivity contribution in [3.05, 3.63) is 70.2 Å². The molecule has 0 spiro atoms. The van der Waals surface area contributed by atoms with Crippen molar-refractivity contribution in [2.45, 2.75) is 30.0 Å². The third-order valence-electron chi connectivity index (χ3n) is 3.96. The lowest BCUT2D eigenvalue weighted by molar-refractivity contribution is -0.111. The molecule has 0 aliphatic heterocycles. The maximum atomic E-state index is 12.2. The summed E-state index contributed by atoms with van der Waals surface area (Å²) in [6.45, 7) is 6.22. The van der Waals surface area contributed by atoms with E-state index in [1.54, 1.807) is 23.3 Å². The molecule has 0 saturated carbocycles. The van der Waals surface area contributed by atoms with Gasteiger partial charge >= 0.3 is 0 Å². The molecular formula is C20H19N3OS2. The van der Waals surface area contributed by atoms with Gasteiger partial charge in [-0.3, -0.25) is 4.79 Å². The van der Waals surface area contributed by atoms with Crippen molar-refractivity contribution >= 4 is 40.8 Å². The highest BCUT2D eigenvalue weighted by atomic mass is 32.2. The van der Waals surface area contributed by atoms with Crippen LogP contribution >= 0.6 is 23.1 Å². The van der Waals surface area contributed by atoms with Gasteiger partial charge in [0, 0.05) is 16.7 Å². The number of benzene rings is 2. The van der Waals surface area contributed by atoms with Crippen molar-refractivity contribution in [2.24, 2.45) is 0 Å². The normalized spacial score (nSPS) is 11.0. The van der Waals surface area contributed by atoms with Gasteiger partial charge in [-0.15, -0.1) is 10.2 Å². The maximum absolute atomic E-state index is 12.2. The number of hydrogen-bond donors (Lipinski definition) is 1. The van der Waals surface area contributed by atoms with E-state index in [4.69, 9.17) is 0 Å². The SMILES string of the molecule is Cc1cc(C)c(/C=C/C(=O)Nc2ccc(Sc3nncs3)cc2)cc1C. The van der Waals surface area contributed by atoms with Gasteiger partial charge in [-0.1, -0.05) is 35.2 Å². The molecule has 0 fully saturated rings. The summed E-state index contributed by atoms with van der Waals surface area (Å²) < 4.78 is 0.897. The molecule has 1 amide bonds. The van der Waals surface area contributed by atoms with Crippen LogP contribution in [0.2, 0.25) is 0 Å². The van der Waals surface area contributed by atoms with E-state index in [9.17, 15) is 4.79 Å². The standard InChI is InChI=1S/C20H19N3OS2/c1-13-10-15(3)16(11-14(13)2)4-9-19(24)22-17-5-7-18(8-6-17)26-20-23-21-12-25-20/h4-12H,1-3H3,(H,22,24)/b9-4+. The number of aromatic nitrogens is 2. The average molecular weight is 382 g/mol. The van der Waals surface area contributed by atoms with Crippen molar-refractivity contribution in [2.75, 3.05) is 5.32 Å². The fourth-order valence-corrected chi connectivity index (χ4v) is 3.88. The van der Waals surface area contributed by atoms with Crippen molar-refractivity contribution in [1.29, 1.82) is 0 Å². The number of carbonyl (C=O) groups excluding carboxylic acids is 1. The lowest BCUT2D eigenvalue weighted by Gasteiger charge is -2.06.